The van der Waals surface area contributed by atoms with E-state index in [4.69, 9.17) is 0 Å². The fourth-order valence-corrected chi connectivity index (χ4v) is 4.16. The van der Waals surface area contributed by atoms with E-state index >= 15 is 0 Å². The molecule has 5 heteroatoms. The second-order valence-electron chi connectivity index (χ2n) is 7.67. The van der Waals surface area contributed by atoms with Gasteiger partial charge in [-0.25, -0.2) is 0 Å². The van der Waals surface area contributed by atoms with Gasteiger partial charge in [0, 0.05) is 31.0 Å². The van der Waals surface area contributed by atoms with E-state index < -0.39 is 0 Å². The molecule has 26 heavy (non-hydrogen) atoms. The molecule has 0 radical (unpaired) electrons. The number of carbonyl (C=O) groups is 2. The van der Waals surface area contributed by atoms with Crippen molar-refractivity contribution in [2.24, 2.45) is 17.8 Å². The van der Waals surface area contributed by atoms with Crippen molar-refractivity contribution in [3.8, 4) is 0 Å². The number of halogens is 1. The summed E-state index contributed by atoms with van der Waals surface area (Å²) in [5, 5.41) is 3.44. The van der Waals surface area contributed by atoms with Crippen LogP contribution in [0.4, 0.5) is 0 Å². The molecule has 1 aromatic rings. The molecule has 0 saturated carbocycles. The molecule has 1 amide bonds. The third kappa shape index (κ3) is 5.31. The van der Waals surface area contributed by atoms with Crippen molar-refractivity contribution in [2.75, 3.05) is 26.2 Å². The number of hydrogen-bond donors (Lipinski definition) is 1. The minimum atomic E-state index is 0. The van der Waals surface area contributed by atoms with Gasteiger partial charge < -0.3 is 10.2 Å². The van der Waals surface area contributed by atoms with Crippen molar-refractivity contribution in [2.45, 2.75) is 39.0 Å². The Morgan fingerprint density at radius 3 is 2.46 bits per heavy atom. The molecule has 0 aromatic heterocycles. The summed E-state index contributed by atoms with van der Waals surface area (Å²) in [6, 6.07) is 9.53. The first kappa shape index (κ1) is 20.9. The summed E-state index contributed by atoms with van der Waals surface area (Å²) in [5.74, 6) is 1.61. The largest absolute Gasteiger partial charge is 0.343 e. The van der Waals surface area contributed by atoms with Crippen LogP contribution in [0.3, 0.4) is 0 Å². The highest BCUT2D eigenvalue weighted by molar-refractivity contribution is 5.98. The summed E-state index contributed by atoms with van der Waals surface area (Å²) in [7, 11) is 0. The predicted molar refractivity (Wildman–Crippen MR) is 107 cm³/mol. The van der Waals surface area contributed by atoms with Crippen LogP contribution >= 0.6 is 12.4 Å². The van der Waals surface area contributed by atoms with Gasteiger partial charge in [0.1, 0.15) is 0 Å². The number of hydrogen-bond acceptors (Lipinski definition) is 3. The number of ketones is 1. The highest BCUT2D eigenvalue weighted by Crippen LogP contribution is 2.26. The first-order valence-electron chi connectivity index (χ1n) is 9.73. The van der Waals surface area contributed by atoms with Gasteiger partial charge in [-0.1, -0.05) is 37.3 Å². The van der Waals surface area contributed by atoms with Crippen LogP contribution in [0.5, 0.6) is 0 Å². The quantitative estimate of drug-likeness (QED) is 0.797. The van der Waals surface area contributed by atoms with E-state index in [9.17, 15) is 9.59 Å². The van der Waals surface area contributed by atoms with Gasteiger partial charge in [0.2, 0.25) is 5.91 Å². The molecule has 3 rings (SSSR count). The van der Waals surface area contributed by atoms with Crippen molar-refractivity contribution >= 4 is 24.1 Å². The summed E-state index contributed by atoms with van der Waals surface area (Å²) in [6.07, 6.45) is 4.67. The lowest BCUT2D eigenvalue weighted by molar-refractivity contribution is -0.133. The summed E-state index contributed by atoms with van der Waals surface area (Å²) in [6.45, 7) is 5.80. The minimum absolute atomic E-state index is 0. The second kappa shape index (κ2) is 10.1. The van der Waals surface area contributed by atoms with Crippen LogP contribution in [0.2, 0.25) is 0 Å². The number of carbonyl (C=O) groups excluding carboxylic acids is 2. The molecule has 1 aromatic carbocycles. The summed E-state index contributed by atoms with van der Waals surface area (Å²) >= 11 is 0. The van der Waals surface area contributed by atoms with Crippen LogP contribution in [-0.4, -0.2) is 42.8 Å². The van der Waals surface area contributed by atoms with Gasteiger partial charge in [0.25, 0.3) is 0 Å². The molecule has 0 bridgehead atoms. The standard InChI is InChI=1S/C21H30N2O2.ClH/c1-16(19-8-5-11-22-15-19)14-20(24)23-12-9-18(10-13-23)21(25)17-6-3-2-4-7-17;/h2-4,6-7,16,18-19,22H,5,8-15H2,1H3;1H. The number of likely N-dealkylation sites (tertiary alicyclic amines) is 1. The molecular formula is C21H31ClN2O2. The van der Waals surface area contributed by atoms with Crippen molar-refractivity contribution in [1.82, 2.24) is 10.2 Å². The van der Waals surface area contributed by atoms with E-state index in [0.717, 1.165) is 44.6 Å². The Morgan fingerprint density at radius 1 is 1.15 bits per heavy atom. The van der Waals surface area contributed by atoms with Crippen LogP contribution in [-0.2, 0) is 4.79 Å². The molecule has 2 aliphatic rings. The van der Waals surface area contributed by atoms with Gasteiger partial charge in [-0.2, -0.15) is 0 Å². The fraction of sp³-hybridized carbons (Fsp3) is 0.619. The van der Waals surface area contributed by atoms with Gasteiger partial charge in [-0.3, -0.25) is 9.59 Å². The lowest BCUT2D eigenvalue weighted by Crippen LogP contribution is -2.42. The van der Waals surface area contributed by atoms with Crippen molar-refractivity contribution < 1.29 is 9.59 Å². The molecule has 2 aliphatic heterocycles. The molecule has 0 spiro atoms. The van der Waals surface area contributed by atoms with Gasteiger partial charge in [0.05, 0.1) is 0 Å². The number of piperidine rings is 2. The van der Waals surface area contributed by atoms with E-state index in [0.29, 0.717) is 18.3 Å². The zero-order valence-corrected chi connectivity index (χ0v) is 16.5. The van der Waals surface area contributed by atoms with Gasteiger partial charge >= 0.3 is 0 Å². The minimum Gasteiger partial charge on any atom is -0.343 e. The van der Waals surface area contributed by atoms with Gasteiger partial charge in [-0.15, -0.1) is 12.4 Å². The van der Waals surface area contributed by atoms with Crippen LogP contribution in [0.25, 0.3) is 0 Å². The fourth-order valence-electron chi connectivity index (χ4n) is 4.16. The molecule has 2 heterocycles. The number of rotatable bonds is 5. The summed E-state index contributed by atoms with van der Waals surface area (Å²) in [5.41, 5.74) is 0.797. The molecule has 4 nitrogen and oxygen atoms in total. The maximum Gasteiger partial charge on any atom is 0.222 e. The summed E-state index contributed by atoms with van der Waals surface area (Å²) < 4.78 is 0. The van der Waals surface area contributed by atoms with E-state index in [1.807, 2.05) is 35.2 Å². The maximum absolute atomic E-state index is 12.6. The number of nitrogens with zero attached hydrogens (tertiary/aromatic N) is 1. The summed E-state index contributed by atoms with van der Waals surface area (Å²) in [4.78, 5) is 27.1. The highest BCUT2D eigenvalue weighted by Gasteiger charge is 2.29. The first-order chi connectivity index (χ1) is 12.1. The van der Waals surface area contributed by atoms with Crippen LogP contribution < -0.4 is 5.32 Å². The molecular weight excluding hydrogens is 348 g/mol. The van der Waals surface area contributed by atoms with Crippen LogP contribution in [0.1, 0.15) is 49.4 Å². The molecule has 0 aliphatic carbocycles. The second-order valence-corrected chi connectivity index (χ2v) is 7.67. The number of Topliss-reactive ketones (excluding diaryl/α,β-unsaturated/α-hetero) is 1. The maximum atomic E-state index is 12.6. The Balaban J connectivity index is 0.00000243. The van der Waals surface area contributed by atoms with Gasteiger partial charge in [-0.05, 0) is 50.6 Å². The third-order valence-corrected chi connectivity index (χ3v) is 5.91. The molecule has 2 fully saturated rings. The van der Waals surface area contributed by atoms with E-state index in [1.54, 1.807) is 0 Å². The molecule has 1 N–H and O–H groups in total. The van der Waals surface area contributed by atoms with Crippen LogP contribution in [0, 0.1) is 17.8 Å². The zero-order chi connectivity index (χ0) is 17.6. The SMILES string of the molecule is CC(CC(=O)N1CCC(C(=O)c2ccccc2)CC1)C1CCCNC1.Cl. The Hall–Kier alpha value is -1.39. The Morgan fingerprint density at radius 2 is 1.85 bits per heavy atom. The number of benzene rings is 1. The van der Waals surface area contributed by atoms with E-state index in [1.165, 1.54) is 12.8 Å². The van der Waals surface area contributed by atoms with E-state index in [-0.39, 0.29) is 30.0 Å². The molecule has 2 saturated heterocycles. The Bertz CT molecular complexity index is 579. The van der Waals surface area contributed by atoms with Crippen molar-refractivity contribution in [3.63, 3.8) is 0 Å². The number of amides is 1. The molecule has 2 atom stereocenters. The normalized spacial score (nSPS) is 22.3. The third-order valence-electron chi connectivity index (χ3n) is 5.91. The lowest BCUT2D eigenvalue weighted by Gasteiger charge is -2.34. The first-order valence-corrected chi connectivity index (χ1v) is 9.73. The predicted octanol–water partition coefficient (Wildman–Crippen LogP) is 3.56. The Labute approximate surface area is 163 Å². The smallest absolute Gasteiger partial charge is 0.222 e. The van der Waals surface area contributed by atoms with Crippen LogP contribution in [0.15, 0.2) is 30.3 Å². The monoisotopic (exact) mass is 378 g/mol. The van der Waals surface area contributed by atoms with E-state index in [2.05, 4.69) is 12.2 Å². The van der Waals surface area contributed by atoms with Crippen molar-refractivity contribution in [1.29, 1.82) is 0 Å². The Kier molecular flexibility index (Phi) is 8.11. The molecule has 144 valence electrons. The lowest BCUT2D eigenvalue weighted by atomic mass is 9.84. The molecule has 2 unspecified atom stereocenters. The average molecular weight is 379 g/mol. The zero-order valence-electron chi connectivity index (χ0n) is 15.7. The number of nitrogens with one attached hydrogen (secondary N) is 1. The van der Waals surface area contributed by atoms with Crippen molar-refractivity contribution in [3.05, 3.63) is 35.9 Å². The highest BCUT2D eigenvalue weighted by atomic mass is 35.5. The van der Waals surface area contributed by atoms with Gasteiger partial charge in [0.15, 0.2) is 5.78 Å². The average Bonchev–Trinajstić information content (AvgIpc) is 2.69. The topological polar surface area (TPSA) is 49.4 Å².